The lowest BCUT2D eigenvalue weighted by molar-refractivity contribution is 0.792. The number of para-hydroxylation sites is 5. The SMILES string of the molecule is C1=Cc2c(c3ccccc3n2-c2ccc3c(c2)C2(c4ccccc4-c4ccc(-c5nc(-c6ccc7c(c6)C6(c8ccccc8-7)c7ccccc7-c7ccc(-n8c9ccccc9c9ccccc98)cc76)nc(-n6c7ccccc7c7ccccc76)n5)cc42)c2ccccc2-3)CC1. The highest BCUT2D eigenvalue weighted by atomic mass is 15.2. The second kappa shape index (κ2) is 18.7. The van der Waals surface area contributed by atoms with Crippen LogP contribution in [0.1, 0.15) is 62.2 Å². The van der Waals surface area contributed by atoms with E-state index in [-0.39, 0.29) is 0 Å². The smallest absolute Gasteiger partial charge is 0.238 e. The van der Waals surface area contributed by atoms with Crippen molar-refractivity contribution in [2.45, 2.75) is 23.7 Å². The molecule has 0 radical (unpaired) electrons. The normalized spacial score (nSPS) is 16.4. The van der Waals surface area contributed by atoms with Gasteiger partial charge in [-0.1, -0.05) is 231 Å². The molecule has 0 saturated carbocycles. The zero-order valence-corrected chi connectivity index (χ0v) is 51.5. The summed E-state index contributed by atoms with van der Waals surface area (Å²) in [6.07, 6.45) is 6.75. The zero-order valence-electron chi connectivity index (χ0n) is 51.5. The van der Waals surface area contributed by atoms with Crippen LogP contribution in [0.5, 0.6) is 0 Å². The molecule has 0 amide bonds. The van der Waals surface area contributed by atoms with Gasteiger partial charge in [-0.25, -0.2) is 4.98 Å². The molecule has 0 saturated heterocycles. The minimum absolute atomic E-state index is 0.560. The average molecular weight is 1210 g/mol. The van der Waals surface area contributed by atoms with Crippen LogP contribution in [0.3, 0.4) is 0 Å². The molecule has 2 atom stereocenters. The molecule has 4 aromatic heterocycles. The average Bonchev–Trinajstić information content (AvgIpc) is 1.51. The summed E-state index contributed by atoms with van der Waals surface area (Å²) < 4.78 is 7.21. The number of fused-ring (bicyclic) bond motifs is 29. The van der Waals surface area contributed by atoms with Crippen molar-refractivity contribution in [1.29, 1.82) is 0 Å². The Morgan fingerprint density at radius 1 is 0.274 bits per heavy atom. The van der Waals surface area contributed by atoms with E-state index in [4.69, 9.17) is 15.0 Å². The molecule has 6 nitrogen and oxygen atoms in total. The summed E-state index contributed by atoms with van der Waals surface area (Å²) in [5.41, 5.74) is 31.1. The van der Waals surface area contributed by atoms with E-state index < -0.39 is 10.8 Å². The van der Waals surface area contributed by atoms with Gasteiger partial charge in [0.25, 0.3) is 0 Å². The summed E-state index contributed by atoms with van der Waals surface area (Å²) in [5.74, 6) is 1.76. The summed E-state index contributed by atoms with van der Waals surface area (Å²) in [6, 6.07) is 109. The number of aryl methyl sites for hydroxylation is 1. The number of hydrogen-bond acceptors (Lipinski definition) is 3. The van der Waals surface area contributed by atoms with E-state index in [9.17, 15) is 0 Å². The lowest BCUT2D eigenvalue weighted by Crippen LogP contribution is -2.26. The Hall–Kier alpha value is -12.3. The van der Waals surface area contributed by atoms with Gasteiger partial charge in [0, 0.05) is 55.1 Å². The van der Waals surface area contributed by atoms with Crippen molar-refractivity contribution in [2.75, 3.05) is 0 Å². The molecule has 22 rings (SSSR count). The molecule has 440 valence electrons. The molecule has 6 heteroatoms. The number of nitrogens with zero attached hydrogens (tertiary/aromatic N) is 6. The number of benzene rings is 13. The molecule has 0 fully saturated rings. The van der Waals surface area contributed by atoms with Crippen LogP contribution in [0.15, 0.2) is 297 Å². The first-order valence-electron chi connectivity index (χ1n) is 33.1. The van der Waals surface area contributed by atoms with E-state index >= 15 is 0 Å². The standard InChI is InChI=1S/C89H54N6/c1-11-31-71-57(21-1)61-45-41-53(49-75(61)88(71)73-33-13-3-23-59(73)63-47-43-55(51-77(63)88)93-79-35-15-5-25-65(79)66-26-6-16-36-80(66)93)85-90-86(92-87(91-85)95-83-39-19-9-29-69(83)70-30-10-20-40-84(70)95)54-42-46-62-58-22-2-12-32-72(58)89(76(62)50-54)74-34-14-4-24-60(74)64-48-44-56(52-78(64)89)94-81-37-17-7-27-67(81)68-28-8-18-38-82(68)94/h1-7,9-27,29-52H,8,28H2. The molecule has 17 aromatic rings. The summed E-state index contributed by atoms with van der Waals surface area (Å²) >= 11 is 0. The van der Waals surface area contributed by atoms with Crippen LogP contribution < -0.4 is 0 Å². The highest BCUT2D eigenvalue weighted by molar-refractivity contribution is 6.11. The van der Waals surface area contributed by atoms with Gasteiger partial charge in [0.1, 0.15) is 0 Å². The first-order chi connectivity index (χ1) is 47.1. The van der Waals surface area contributed by atoms with E-state index in [0.717, 1.165) is 57.1 Å². The van der Waals surface area contributed by atoms with Gasteiger partial charge in [-0.15, -0.1) is 0 Å². The molecular formula is C89H54N6. The van der Waals surface area contributed by atoms with Crippen LogP contribution in [-0.4, -0.2) is 28.7 Å². The molecular weight excluding hydrogens is 1150 g/mol. The van der Waals surface area contributed by atoms with Crippen LogP contribution in [0.4, 0.5) is 0 Å². The van der Waals surface area contributed by atoms with Crippen molar-refractivity contribution >= 4 is 60.6 Å². The van der Waals surface area contributed by atoms with Crippen molar-refractivity contribution in [1.82, 2.24) is 28.7 Å². The molecule has 0 aliphatic heterocycles. The van der Waals surface area contributed by atoms with Gasteiger partial charge in [0.05, 0.1) is 38.4 Å². The minimum atomic E-state index is -0.671. The monoisotopic (exact) mass is 1210 g/mol. The van der Waals surface area contributed by atoms with Crippen molar-refractivity contribution in [2.24, 2.45) is 0 Å². The van der Waals surface area contributed by atoms with Gasteiger partial charge in [-0.05, 0) is 180 Å². The predicted octanol–water partition coefficient (Wildman–Crippen LogP) is 21.0. The van der Waals surface area contributed by atoms with Crippen LogP contribution in [0, 0.1) is 0 Å². The second-order valence-corrected chi connectivity index (χ2v) is 26.3. The first kappa shape index (κ1) is 51.4. The van der Waals surface area contributed by atoms with Crippen LogP contribution in [0.2, 0.25) is 0 Å². The van der Waals surface area contributed by atoms with E-state index in [0.29, 0.717) is 17.6 Å². The zero-order chi connectivity index (χ0) is 61.8. The number of hydrogen-bond donors (Lipinski definition) is 0. The molecule has 13 aromatic carbocycles. The van der Waals surface area contributed by atoms with Gasteiger partial charge in [0.2, 0.25) is 5.95 Å². The molecule has 2 unspecified atom stereocenters. The number of aromatic nitrogens is 6. The molecule has 95 heavy (non-hydrogen) atoms. The number of allylic oxidation sites excluding steroid dienone is 1. The van der Waals surface area contributed by atoms with Crippen molar-refractivity contribution in [3.63, 3.8) is 0 Å². The van der Waals surface area contributed by atoms with Gasteiger partial charge in [-0.2, -0.15) is 9.97 Å². The van der Waals surface area contributed by atoms with Gasteiger partial charge < -0.3 is 9.13 Å². The Kier molecular flexibility index (Phi) is 10.1. The Bertz CT molecular complexity index is 6190. The fourth-order valence-corrected chi connectivity index (χ4v) is 18.3. The maximum atomic E-state index is 5.78. The third kappa shape index (κ3) is 6.55. The molecule has 2 spiro atoms. The fourth-order valence-electron chi connectivity index (χ4n) is 18.3. The quantitative estimate of drug-likeness (QED) is 0.173. The lowest BCUT2D eigenvalue weighted by Gasteiger charge is -2.31. The molecule has 5 aliphatic rings. The molecule has 5 aliphatic carbocycles. The molecule has 0 bridgehead atoms. The first-order valence-corrected chi connectivity index (χ1v) is 33.1. The van der Waals surface area contributed by atoms with Crippen LogP contribution in [0.25, 0.3) is 145 Å². The van der Waals surface area contributed by atoms with Crippen molar-refractivity contribution in [3.05, 3.63) is 353 Å². The van der Waals surface area contributed by atoms with E-state index in [1.165, 1.54) is 133 Å². The summed E-state index contributed by atoms with van der Waals surface area (Å²) in [4.78, 5) is 17.2. The maximum absolute atomic E-state index is 5.78. The third-order valence-electron chi connectivity index (χ3n) is 22.0. The van der Waals surface area contributed by atoms with Gasteiger partial charge in [-0.3, -0.25) is 4.57 Å². The van der Waals surface area contributed by atoms with Crippen molar-refractivity contribution in [3.8, 4) is 84.6 Å². The van der Waals surface area contributed by atoms with E-state index in [2.05, 4.69) is 317 Å². The van der Waals surface area contributed by atoms with Crippen molar-refractivity contribution < 1.29 is 0 Å². The highest BCUT2D eigenvalue weighted by Gasteiger charge is 2.54. The topological polar surface area (TPSA) is 53.5 Å². The predicted molar refractivity (Wildman–Crippen MR) is 386 cm³/mol. The molecule has 4 heterocycles. The Balaban J connectivity index is 0.783. The van der Waals surface area contributed by atoms with Crippen LogP contribution >= 0.6 is 0 Å². The van der Waals surface area contributed by atoms with Crippen LogP contribution in [-0.2, 0) is 17.3 Å². The van der Waals surface area contributed by atoms with E-state index in [1.54, 1.807) is 0 Å². The molecule has 0 N–H and O–H groups in total. The maximum Gasteiger partial charge on any atom is 0.238 e. The minimum Gasteiger partial charge on any atom is -0.310 e. The fraction of sp³-hybridized carbons (Fsp3) is 0.0449. The third-order valence-corrected chi connectivity index (χ3v) is 22.0. The lowest BCUT2D eigenvalue weighted by atomic mass is 9.70. The second-order valence-electron chi connectivity index (χ2n) is 26.3. The summed E-state index contributed by atoms with van der Waals surface area (Å²) in [5, 5.41) is 6.09. The number of rotatable bonds is 5. The Morgan fingerprint density at radius 2 is 0.611 bits per heavy atom. The Morgan fingerprint density at radius 3 is 1.05 bits per heavy atom. The highest BCUT2D eigenvalue weighted by Crippen LogP contribution is 2.65. The van der Waals surface area contributed by atoms with Gasteiger partial charge in [0.15, 0.2) is 11.6 Å². The van der Waals surface area contributed by atoms with E-state index in [1.807, 2.05) is 0 Å². The van der Waals surface area contributed by atoms with Gasteiger partial charge >= 0.3 is 0 Å². The Labute approximate surface area is 547 Å². The summed E-state index contributed by atoms with van der Waals surface area (Å²) in [7, 11) is 0. The largest absolute Gasteiger partial charge is 0.310 e. The summed E-state index contributed by atoms with van der Waals surface area (Å²) in [6.45, 7) is 0.